The molecule has 1 saturated heterocycles. The highest BCUT2D eigenvalue weighted by molar-refractivity contribution is 7.89. The van der Waals surface area contributed by atoms with Crippen LogP contribution >= 0.6 is 0 Å². The first-order chi connectivity index (χ1) is 13.5. The Balaban J connectivity index is 1.45. The molecule has 1 unspecified atom stereocenters. The lowest BCUT2D eigenvalue weighted by atomic mass is 10.2. The van der Waals surface area contributed by atoms with Crippen molar-refractivity contribution >= 4 is 21.6 Å². The number of para-hydroxylation sites is 1. The van der Waals surface area contributed by atoms with Crippen LogP contribution in [0.25, 0.3) is 0 Å². The van der Waals surface area contributed by atoms with Gasteiger partial charge < -0.3 is 10.2 Å². The summed E-state index contributed by atoms with van der Waals surface area (Å²) in [6, 6.07) is 15.1. The molecule has 0 bridgehead atoms. The lowest BCUT2D eigenvalue weighted by Gasteiger charge is -2.27. The van der Waals surface area contributed by atoms with Crippen LogP contribution in [0, 0.1) is 5.82 Å². The number of rotatable bonds is 8. The molecule has 28 heavy (non-hydrogen) atoms. The highest BCUT2D eigenvalue weighted by Crippen LogP contribution is 2.24. The monoisotopic (exact) mass is 405 g/mol. The molecule has 1 aliphatic rings. The van der Waals surface area contributed by atoms with E-state index in [-0.39, 0.29) is 29.8 Å². The number of anilines is 1. The minimum absolute atomic E-state index is 0.0204. The molecule has 1 fully saturated rings. The van der Waals surface area contributed by atoms with Crippen LogP contribution in [0.2, 0.25) is 0 Å². The molecule has 1 heterocycles. The van der Waals surface area contributed by atoms with Crippen LogP contribution in [0.4, 0.5) is 10.1 Å². The van der Waals surface area contributed by atoms with Crippen molar-refractivity contribution in [1.82, 2.24) is 10.0 Å². The number of hydrogen-bond acceptors (Lipinski definition) is 4. The predicted octanol–water partition coefficient (Wildman–Crippen LogP) is 2.28. The molecule has 8 heteroatoms. The molecule has 1 atom stereocenters. The molecule has 0 aliphatic carbocycles. The Hall–Kier alpha value is -2.45. The van der Waals surface area contributed by atoms with Crippen molar-refractivity contribution in [2.45, 2.75) is 30.2 Å². The predicted molar refractivity (Wildman–Crippen MR) is 106 cm³/mol. The second-order valence-corrected chi connectivity index (χ2v) is 8.50. The number of sulfonamides is 1. The number of halogens is 1. The maximum atomic E-state index is 13.2. The van der Waals surface area contributed by atoms with Gasteiger partial charge >= 0.3 is 0 Å². The molecule has 0 aromatic heterocycles. The minimum atomic E-state index is -3.83. The van der Waals surface area contributed by atoms with E-state index in [0.717, 1.165) is 31.1 Å². The molecule has 2 N–H and O–H groups in total. The third-order valence-electron chi connectivity index (χ3n) is 4.75. The number of nitrogens with zero attached hydrogens (tertiary/aromatic N) is 1. The highest BCUT2D eigenvalue weighted by atomic mass is 32.2. The first kappa shape index (κ1) is 20.3. The summed E-state index contributed by atoms with van der Waals surface area (Å²) in [4.78, 5) is 14.2. The Morgan fingerprint density at radius 2 is 1.93 bits per heavy atom. The zero-order chi connectivity index (χ0) is 20.0. The second kappa shape index (κ2) is 9.16. The highest BCUT2D eigenvalue weighted by Gasteiger charge is 2.25. The van der Waals surface area contributed by atoms with Crippen LogP contribution in [-0.4, -0.2) is 40.0 Å². The van der Waals surface area contributed by atoms with Crippen molar-refractivity contribution in [3.8, 4) is 0 Å². The van der Waals surface area contributed by atoms with Crippen molar-refractivity contribution < 1.29 is 17.6 Å². The lowest BCUT2D eigenvalue weighted by molar-refractivity contribution is -0.120. The van der Waals surface area contributed by atoms with Gasteiger partial charge in [-0.2, -0.15) is 0 Å². The van der Waals surface area contributed by atoms with E-state index in [1.807, 2.05) is 18.2 Å². The summed E-state index contributed by atoms with van der Waals surface area (Å²) < 4.78 is 39.8. The molecule has 0 saturated carbocycles. The summed E-state index contributed by atoms with van der Waals surface area (Å²) in [6.07, 6.45) is 2.09. The van der Waals surface area contributed by atoms with E-state index in [0.29, 0.717) is 6.54 Å². The summed E-state index contributed by atoms with van der Waals surface area (Å²) in [7, 11) is -3.83. The van der Waals surface area contributed by atoms with Crippen molar-refractivity contribution in [1.29, 1.82) is 0 Å². The number of carbonyl (C=O) groups is 1. The summed E-state index contributed by atoms with van der Waals surface area (Å²) in [6.45, 7) is 1.43. The zero-order valence-corrected chi connectivity index (χ0v) is 16.3. The van der Waals surface area contributed by atoms with E-state index in [2.05, 4.69) is 27.1 Å². The van der Waals surface area contributed by atoms with E-state index < -0.39 is 15.8 Å². The van der Waals surface area contributed by atoms with Gasteiger partial charge in [0.2, 0.25) is 15.9 Å². The van der Waals surface area contributed by atoms with Crippen LogP contribution in [0.1, 0.15) is 19.3 Å². The van der Waals surface area contributed by atoms with E-state index >= 15 is 0 Å². The quantitative estimate of drug-likeness (QED) is 0.706. The van der Waals surface area contributed by atoms with Gasteiger partial charge in [0, 0.05) is 37.8 Å². The maximum absolute atomic E-state index is 13.2. The molecular formula is C20H24FN3O3S. The Morgan fingerprint density at radius 3 is 2.68 bits per heavy atom. The van der Waals surface area contributed by atoms with Crippen molar-refractivity contribution in [2.75, 3.05) is 24.5 Å². The summed E-state index contributed by atoms with van der Waals surface area (Å²) >= 11 is 0. The minimum Gasteiger partial charge on any atom is -0.367 e. The fourth-order valence-electron chi connectivity index (χ4n) is 3.34. The number of carbonyl (C=O) groups excluding carboxylic acids is 1. The molecule has 0 radical (unpaired) electrons. The number of benzene rings is 2. The van der Waals surface area contributed by atoms with Gasteiger partial charge in [-0.3, -0.25) is 4.79 Å². The van der Waals surface area contributed by atoms with Gasteiger partial charge in [-0.15, -0.1) is 0 Å². The van der Waals surface area contributed by atoms with E-state index in [1.165, 1.54) is 18.2 Å². The molecule has 0 spiro atoms. The second-order valence-electron chi connectivity index (χ2n) is 6.73. The number of amides is 1. The van der Waals surface area contributed by atoms with Gasteiger partial charge in [0.15, 0.2) is 0 Å². The van der Waals surface area contributed by atoms with Gasteiger partial charge in [0.25, 0.3) is 0 Å². The molecular weight excluding hydrogens is 381 g/mol. The fourth-order valence-corrected chi connectivity index (χ4v) is 4.41. The van der Waals surface area contributed by atoms with Crippen molar-refractivity contribution in [2.24, 2.45) is 0 Å². The fraction of sp³-hybridized carbons (Fsp3) is 0.350. The SMILES string of the molecule is O=C(CCNS(=O)(=O)c1cccc(F)c1)NCC1CCCN1c1ccccc1. The Morgan fingerprint density at radius 1 is 1.14 bits per heavy atom. The lowest BCUT2D eigenvalue weighted by Crippen LogP contribution is -2.41. The third-order valence-corrected chi connectivity index (χ3v) is 6.21. The van der Waals surface area contributed by atoms with Crippen LogP contribution in [0.5, 0.6) is 0 Å². The van der Waals surface area contributed by atoms with Gasteiger partial charge in [-0.25, -0.2) is 17.5 Å². The number of nitrogens with one attached hydrogen (secondary N) is 2. The van der Waals surface area contributed by atoms with Gasteiger partial charge in [-0.05, 0) is 43.2 Å². The molecule has 1 aliphatic heterocycles. The topological polar surface area (TPSA) is 78.5 Å². The van der Waals surface area contributed by atoms with Gasteiger partial charge in [0.1, 0.15) is 5.82 Å². The van der Waals surface area contributed by atoms with Crippen LogP contribution in [0.15, 0.2) is 59.5 Å². The molecule has 150 valence electrons. The maximum Gasteiger partial charge on any atom is 0.240 e. The average molecular weight is 405 g/mol. The molecule has 2 aromatic carbocycles. The Bertz CT molecular complexity index is 906. The average Bonchev–Trinajstić information content (AvgIpc) is 3.15. The third kappa shape index (κ3) is 5.30. The largest absolute Gasteiger partial charge is 0.367 e. The normalized spacial score (nSPS) is 16.9. The standard InChI is InChI=1S/C20H24FN3O3S/c21-16-6-4-10-19(14-16)28(26,27)23-12-11-20(25)22-15-18-9-5-13-24(18)17-7-2-1-3-8-17/h1-4,6-8,10,14,18,23H,5,9,11-13,15H2,(H,22,25). The smallest absolute Gasteiger partial charge is 0.240 e. The van der Waals surface area contributed by atoms with Gasteiger partial charge in [0.05, 0.1) is 4.90 Å². The Kier molecular flexibility index (Phi) is 6.64. The first-order valence-electron chi connectivity index (χ1n) is 9.29. The number of hydrogen-bond donors (Lipinski definition) is 2. The molecule has 3 rings (SSSR count). The summed E-state index contributed by atoms with van der Waals surface area (Å²) in [5, 5.41) is 2.88. The first-order valence-corrected chi connectivity index (χ1v) is 10.8. The summed E-state index contributed by atoms with van der Waals surface area (Å²) in [5.41, 5.74) is 1.14. The van der Waals surface area contributed by atoms with Crippen molar-refractivity contribution in [3.05, 3.63) is 60.4 Å². The van der Waals surface area contributed by atoms with Gasteiger partial charge in [-0.1, -0.05) is 24.3 Å². The molecule has 1 amide bonds. The molecule has 2 aromatic rings. The van der Waals surface area contributed by atoms with Crippen LogP contribution in [-0.2, 0) is 14.8 Å². The van der Waals surface area contributed by atoms with Crippen molar-refractivity contribution in [3.63, 3.8) is 0 Å². The van der Waals surface area contributed by atoms with Crippen LogP contribution < -0.4 is 14.9 Å². The zero-order valence-electron chi connectivity index (χ0n) is 15.5. The van der Waals surface area contributed by atoms with E-state index in [1.54, 1.807) is 0 Å². The van der Waals surface area contributed by atoms with Crippen LogP contribution in [0.3, 0.4) is 0 Å². The Labute approximate surface area is 164 Å². The molecule has 6 nitrogen and oxygen atoms in total. The van der Waals surface area contributed by atoms with E-state index in [9.17, 15) is 17.6 Å². The summed E-state index contributed by atoms with van der Waals surface area (Å²) in [5.74, 6) is -0.845. The van der Waals surface area contributed by atoms with E-state index in [4.69, 9.17) is 0 Å².